The molecule has 1 aromatic carbocycles. The van der Waals surface area contributed by atoms with Crippen molar-refractivity contribution in [3.63, 3.8) is 0 Å². The zero-order valence-corrected chi connectivity index (χ0v) is 22.2. The summed E-state index contributed by atoms with van der Waals surface area (Å²) in [7, 11) is 0. The maximum Gasteiger partial charge on any atom is 0.411 e. The molecule has 39 heavy (non-hydrogen) atoms. The van der Waals surface area contributed by atoms with Crippen LogP contribution in [0, 0.1) is 30.6 Å². The van der Waals surface area contributed by atoms with E-state index in [0.717, 1.165) is 19.3 Å². The van der Waals surface area contributed by atoms with Gasteiger partial charge in [0.1, 0.15) is 30.7 Å². The van der Waals surface area contributed by atoms with E-state index in [1.165, 1.54) is 6.07 Å². The summed E-state index contributed by atoms with van der Waals surface area (Å²) in [6.45, 7) is -0.223. The Morgan fingerprint density at radius 3 is 2.26 bits per heavy atom. The smallest absolute Gasteiger partial charge is 0.411 e. The molecular formula is C27H34ClF3O8. The third-order valence-electron chi connectivity index (χ3n) is 9.76. The average Bonchev–Trinajstić information content (AvgIpc) is 2.84. The van der Waals surface area contributed by atoms with E-state index in [4.69, 9.17) is 30.8 Å². The van der Waals surface area contributed by atoms with Crippen molar-refractivity contribution in [1.82, 2.24) is 0 Å². The number of aryl methyl sites for hydroxylation is 1. The van der Waals surface area contributed by atoms with Crippen LogP contribution in [-0.4, -0.2) is 74.7 Å². The van der Waals surface area contributed by atoms with Crippen LogP contribution < -0.4 is 4.74 Å². The van der Waals surface area contributed by atoms with Gasteiger partial charge in [-0.2, -0.15) is 18.1 Å². The van der Waals surface area contributed by atoms with Gasteiger partial charge in [0.05, 0.1) is 6.10 Å². The molecule has 6 aliphatic rings. The fraction of sp³-hybridized carbons (Fsp3) is 0.778. The van der Waals surface area contributed by atoms with Crippen LogP contribution in [0.3, 0.4) is 0 Å². The van der Waals surface area contributed by atoms with E-state index in [2.05, 4.69) is 0 Å². The molecular weight excluding hydrogens is 545 g/mol. The standard InChI is InChI=1S/C27H34ClF3O8/c1-13-2-3-16(7-19(13)37-20-6-15(11-32)21(33)23(35)22(20)34)27(36-12-25(29,30)31)26(38-39-27)17-4-14-5-18(26)10-24(28,8-14)9-17/h2-3,7,14-15,17-18,20-23,32-35H,4-6,8-12H2,1H3. The number of rotatable bonds is 6. The van der Waals surface area contributed by atoms with Crippen molar-refractivity contribution in [3.8, 4) is 5.75 Å². The monoisotopic (exact) mass is 578 g/mol. The molecule has 4 bridgehead atoms. The Morgan fingerprint density at radius 1 is 1.00 bits per heavy atom. The average molecular weight is 579 g/mol. The number of alkyl halides is 4. The van der Waals surface area contributed by atoms with Crippen LogP contribution in [0.15, 0.2) is 18.2 Å². The minimum absolute atomic E-state index is 0.0577. The van der Waals surface area contributed by atoms with E-state index in [0.29, 0.717) is 29.9 Å². The summed E-state index contributed by atoms with van der Waals surface area (Å²) >= 11 is 6.93. The number of halogens is 4. The predicted molar refractivity (Wildman–Crippen MR) is 130 cm³/mol. The zero-order chi connectivity index (χ0) is 28.0. The topological polar surface area (TPSA) is 118 Å². The molecule has 8 unspecified atom stereocenters. The molecule has 5 aliphatic carbocycles. The molecule has 12 heteroatoms. The predicted octanol–water partition coefficient (Wildman–Crippen LogP) is 3.09. The fourth-order valence-electron chi connectivity index (χ4n) is 8.11. The number of benzene rings is 1. The first-order valence-electron chi connectivity index (χ1n) is 13.5. The van der Waals surface area contributed by atoms with Gasteiger partial charge in [0.15, 0.2) is 5.60 Å². The largest absolute Gasteiger partial charge is 0.487 e. The van der Waals surface area contributed by atoms with Crippen LogP contribution in [-0.2, 0) is 20.3 Å². The molecule has 1 aliphatic heterocycles. The maximum absolute atomic E-state index is 13.5. The third-order valence-corrected chi connectivity index (χ3v) is 10.2. The third kappa shape index (κ3) is 4.31. The lowest BCUT2D eigenvalue weighted by Gasteiger charge is -2.70. The van der Waals surface area contributed by atoms with Crippen molar-refractivity contribution >= 4 is 11.6 Å². The molecule has 0 aromatic heterocycles. The van der Waals surface area contributed by atoms with Gasteiger partial charge in [0, 0.05) is 23.0 Å². The first-order valence-corrected chi connectivity index (χ1v) is 13.9. The van der Waals surface area contributed by atoms with Gasteiger partial charge >= 0.3 is 6.18 Å². The highest BCUT2D eigenvalue weighted by atomic mass is 35.5. The van der Waals surface area contributed by atoms with E-state index >= 15 is 0 Å². The molecule has 1 saturated heterocycles. The Kier molecular flexibility index (Phi) is 6.75. The number of aliphatic hydroxyl groups is 4. The molecule has 1 spiro atoms. The maximum atomic E-state index is 13.5. The van der Waals surface area contributed by atoms with Crippen LogP contribution in [0.5, 0.6) is 5.75 Å². The second-order valence-electron chi connectivity index (χ2n) is 12.3. The highest BCUT2D eigenvalue weighted by molar-refractivity contribution is 6.24. The molecule has 1 aromatic rings. The van der Waals surface area contributed by atoms with Crippen molar-refractivity contribution in [2.75, 3.05) is 13.2 Å². The summed E-state index contributed by atoms with van der Waals surface area (Å²) in [4.78, 5) is 11.1. The molecule has 0 amide bonds. The van der Waals surface area contributed by atoms with Crippen molar-refractivity contribution in [3.05, 3.63) is 29.3 Å². The Labute approximate surface area is 228 Å². The Morgan fingerprint density at radius 2 is 1.69 bits per heavy atom. The summed E-state index contributed by atoms with van der Waals surface area (Å²) in [5.41, 5.74) is -0.233. The van der Waals surface area contributed by atoms with Gasteiger partial charge in [0.25, 0.3) is 5.79 Å². The summed E-state index contributed by atoms with van der Waals surface area (Å²) < 4.78 is 52.3. The molecule has 5 saturated carbocycles. The Bertz CT molecular complexity index is 1090. The Hall–Kier alpha value is -1.18. The minimum Gasteiger partial charge on any atom is -0.487 e. The van der Waals surface area contributed by atoms with Gasteiger partial charge in [-0.1, -0.05) is 12.1 Å². The molecule has 7 rings (SSSR count). The summed E-state index contributed by atoms with van der Waals surface area (Å²) in [6.07, 6.45) is -6.24. The molecule has 6 fully saturated rings. The normalized spacial score (nSPS) is 46.9. The summed E-state index contributed by atoms with van der Waals surface area (Å²) in [5, 5.41) is 40.6. The van der Waals surface area contributed by atoms with Crippen LogP contribution in [0.2, 0.25) is 0 Å². The lowest BCUT2D eigenvalue weighted by Crippen LogP contribution is -2.78. The van der Waals surface area contributed by atoms with Crippen molar-refractivity contribution in [2.45, 2.75) is 92.3 Å². The Balaban J connectivity index is 1.36. The van der Waals surface area contributed by atoms with Crippen LogP contribution in [0.1, 0.15) is 49.7 Å². The van der Waals surface area contributed by atoms with E-state index in [1.54, 1.807) is 19.1 Å². The molecule has 4 N–H and O–H groups in total. The highest BCUT2D eigenvalue weighted by Gasteiger charge is 2.78. The number of aliphatic hydroxyl groups excluding tert-OH is 4. The van der Waals surface area contributed by atoms with Gasteiger partial charge in [-0.25, -0.2) is 4.89 Å². The molecule has 8 atom stereocenters. The quantitative estimate of drug-likeness (QED) is 0.301. The number of hydrogen-bond acceptors (Lipinski definition) is 8. The van der Waals surface area contributed by atoms with E-state index in [-0.39, 0.29) is 24.0 Å². The van der Waals surface area contributed by atoms with Gasteiger partial charge in [-0.15, -0.1) is 11.6 Å². The minimum atomic E-state index is -4.61. The van der Waals surface area contributed by atoms with E-state index < -0.39 is 66.0 Å². The lowest BCUT2D eigenvalue weighted by atomic mass is 9.46. The first-order chi connectivity index (χ1) is 18.3. The van der Waals surface area contributed by atoms with E-state index in [1.807, 2.05) is 0 Å². The SMILES string of the molecule is Cc1ccc(C2(OCC(F)(F)F)OOC23C2CC4CC3CC(Cl)(C4)C2)cc1OC1CC(CO)C(O)C(O)C1O. The van der Waals surface area contributed by atoms with E-state index in [9.17, 15) is 33.6 Å². The summed E-state index contributed by atoms with van der Waals surface area (Å²) in [5.74, 6) is -2.26. The molecule has 1 heterocycles. The molecule has 218 valence electrons. The van der Waals surface area contributed by atoms with Crippen LogP contribution in [0.25, 0.3) is 0 Å². The highest BCUT2D eigenvalue weighted by Crippen LogP contribution is 2.71. The van der Waals surface area contributed by atoms with Crippen molar-refractivity contribution in [2.24, 2.45) is 23.7 Å². The van der Waals surface area contributed by atoms with Crippen molar-refractivity contribution < 1.29 is 52.8 Å². The number of ether oxygens (including phenoxy) is 2. The van der Waals surface area contributed by atoms with Gasteiger partial charge in [-0.3, -0.25) is 0 Å². The molecule has 0 radical (unpaired) electrons. The van der Waals surface area contributed by atoms with Gasteiger partial charge in [0.2, 0.25) is 0 Å². The second kappa shape index (κ2) is 9.42. The second-order valence-corrected chi connectivity index (χ2v) is 13.1. The lowest BCUT2D eigenvalue weighted by molar-refractivity contribution is -0.650. The fourth-order valence-corrected chi connectivity index (χ4v) is 8.70. The van der Waals surface area contributed by atoms with Crippen molar-refractivity contribution in [1.29, 1.82) is 0 Å². The van der Waals surface area contributed by atoms with Crippen LogP contribution >= 0.6 is 11.6 Å². The van der Waals surface area contributed by atoms with Gasteiger partial charge in [-0.05, 0) is 74.8 Å². The first kappa shape index (κ1) is 28.0. The zero-order valence-electron chi connectivity index (χ0n) is 21.4. The van der Waals surface area contributed by atoms with Gasteiger partial charge < -0.3 is 29.9 Å². The van der Waals surface area contributed by atoms with Crippen LogP contribution in [0.4, 0.5) is 13.2 Å². The molecule has 8 nitrogen and oxygen atoms in total. The number of hydrogen-bond donors (Lipinski definition) is 4. The summed E-state index contributed by atoms with van der Waals surface area (Å²) in [6, 6.07) is 4.84.